The molecule has 0 saturated carbocycles. The summed E-state index contributed by atoms with van der Waals surface area (Å²) in [7, 11) is 1.61. The monoisotopic (exact) mass is 309 g/mol. The van der Waals surface area contributed by atoms with Gasteiger partial charge in [0.25, 0.3) is 0 Å². The second kappa shape index (κ2) is 6.54. The Morgan fingerprint density at radius 3 is 2.77 bits per heavy atom. The fraction of sp³-hybridized carbons (Fsp3) is 0.333. The predicted octanol–water partition coefficient (Wildman–Crippen LogP) is 2.50. The van der Waals surface area contributed by atoms with Gasteiger partial charge in [-0.05, 0) is 17.7 Å². The lowest BCUT2D eigenvalue weighted by Crippen LogP contribution is -2.24. The van der Waals surface area contributed by atoms with E-state index in [0.717, 1.165) is 10.9 Å². The van der Waals surface area contributed by atoms with Crippen LogP contribution in [0.4, 0.5) is 0 Å². The Kier molecular flexibility index (Phi) is 6.59. The number of hydrogen-bond acceptors (Lipinski definition) is 2. The molecule has 0 aliphatic heterocycles. The summed E-state index contributed by atoms with van der Waals surface area (Å²) in [6.07, 6.45) is 0.537. The summed E-state index contributed by atoms with van der Waals surface area (Å²) in [5, 5.41) is 0. The number of benzene rings is 1. The Labute approximate surface area is 97.4 Å². The zero-order valence-electron chi connectivity index (χ0n) is 7.37. The molecule has 1 rings (SSSR count). The van der Waals surface area contributed by atoms with E-state index >= 15 is 0 Å². The first-order valence-corrected chi connectivity index (χ1v) is 4.54. The van der Waals surface area contributed by atoms with Gasteiger partial charge < -0.3 is 10.5 Å². The van der Waals surface area contributed by atoms with Gasteiger partial charge in [-0.1, -0.05) is 28.1 Å². The molecule has 4 heteroatoms. The van der Waals surface area contributed by atoms with E-state index < -0.39 is 0 Å². The highest BCUT2D eigenvalue weighted by molar-refractivity contribution is 9.10. The molecule has 0 aliphatic carbocycles. The maximum atomic E-state index is 5.62. The van der Waals surface area contributed by atoms with Crippen molar-refractivity contribution >= 4 is 32.9 Å². The molecule has 0 saturated heterocycles. The molecule has 1 unspecified atom stereocenters. The van der Waals surface area contributed by atoms with Crippen molar-refractivity contribution in [1.82, 2.24) is 0 Å². The van der Waals surface area contributed by atoms with E-state index in [-0.39, 0.29) is 23.2 Å². The van der Waals surface area contributed by atoms with E-state index in [0.29, 0.717) is 0 Å². The van der Waals surface area contributed by atoms with Crippen molar-refractivity contribution in [2.24, 2.45) is 5.73 Å². The van der Waals surface area contributed by atoms with Crippen LogP contribution in [-0.4, -0.2) is 13.3 Å². The van der Waals surface area contributed by atoms with E-state index in [2.05, 4.69) is 15.9 Å². The van der Waals surface area contributed by atoms with Crippen LogP contribution in [0.15, 0.2) is 28.7 Å². The molecular formula is C9H13Br2NO. The maximum Gasteiger partial charge on any atom is 0.109 e. The van der Waals surface area contributed by atoms with Gasteiger partial charge in [0, 0.05) is 18.0 Å². The van der Waals surface area contributed by atoms with Crippen molar-refractivity contribution in [2.75, 3.05) is 7.11 Å². The summed E-state index contributed by atoms with van der Waals surface area (Å²) < 4.78 is 6.03. The van der Waals surface area contributed by atoms with Gasteiger partial charge in [0.15, 0.2) is 0 Å². The number of ether oxygens (including phenoxy) is 1. The molecule has 2 N–H and O–H groups in total. The molecule has 1 aromatic carbocycles. The van der Waals surface area contributed by atoms with Crippen LogP contribution in [0.5, 0.6) is 0 Å². The topological polar surface area (TPSA) is 35.2 Å². The summed E-state index contributed by atoms with van der Waals surface area (Å²) >= 11 is 3.39. The molecule has 0 amide bonds. The molecule has 0 spiro atoms. The first-order chi connectivity index (χ1) is 5.72. The summed E-state index contributed by atoms with van der Waals surface area (Å²) in [4.78, 5) is 0. The highest BCUT2D eigenvalue weighted by atomic mass is 79.9. The van der Waals surface area contributed by atoms with Crippen LogP contribution in [0.25, 0.3) is 0 Å². The minimum atomic E-state index is -0.209. The number of methoxy groups -OCH3 is 1. The highest BCUT2D eigenvalue weighted by Crippen LogP contribution is 2.12. The smallest absolute Gasteiger partial charge is 0.109 e. The zero-order valence-corrected chi connectivity index (χ0v) is 10.7. The Hall–Kier alpha value is 0.100. The zero-order chi connectivity index (χ0) is 8.97. The average molecular weight is 311 g/mol. The molecule has 1 atom stereocenters. The third-order valence-corrected chi connectivity index (χ3v) is 2.12. The maximum absolute atomic E-state index is 5.62. The molecule has 74 valence electrons. The fourth-order valence-electron chi connectivity index (χ4n) is 0.980. The third-order valence-electron chi connectivity index (χ3n) is 1.63. The van der Waals surface area contributed by atoms with Crippen LogP contribution in [0.2, 0.25) is 0 Å². The van der Waals surface area contributed by atoms with Crippen LogP contribution in [-0.2, 0) is 11.2 Å². The largest absolute Gasteiger partial charge is 0.366 e. The van der Waals surface area contributed by atoms with Gasteiger partial charge in [0.05, 0.1) is 0 Å². The number of rotatable bonds is 3. The average Bonchev–Trinajstić information content (AvgIpc) is 2.04. The standard InChI is InChI=1S/C9H12BrNO.BrH/c1-12-9(11)6-7-3-2-4-8(10)5-7;/h2-5,9H,6,11H2,1H3;1H. The van der Waals surface area contributed by atoms with Crippen molar-refractivity contribution < 1.29 is 4.74 Å². The van der Waals surface area contributed by atoms with Gasteiger partial charge in [-0.3, -0.25) is 0 Å². The summed E-state index contributed by atoms with van der Waals surface area (Å²) in [5.41, 5.74) is 6.80. The molecule has 0 aromatic heterocycles. The Morgan fingerprint density at radius 1 is 1.54 bits per heavy atom. The van der Waals surface area contributed by atoms with Crippen molar-refractivity contribution in [3.05, 3.63) is 34.3 Å². The normalized spacial score (nSPS) is 11.9. The van der Waals surface area contributed by atoms with E-state index in [9.17, 15) is 0 Å². The van der Waals surface area contributed by atoms with E-state index in [1.807, 2.05) is 24.3 Å². The highest BCUT2D eigenvalue weighted by Gasteiger charge is 2.01. The molecule has 0 bridgehead atoms. The van der Waals surface area contributed by atoms with Gasteiger partial charge in [-0.2, -0.15) is 0 Å². The lowest BCUT2D eigenvalue weighted by Gasteiger charge is -2.08. The third kappa shape index (κ3) is 4.76. The first-order valence-electron chi connectivity index (χ1n) is 3.75. The van der Waals surface area contributed by atoms with E-state index in [1.54, 1.807) is 7.11 Å². The molecular weight excluding hydrogens is 298 g/mol. The number of halogens is 2. The first kappa shape index (κ1) is 13.1. The van der Waals surface area contributed by atoms with Crippen molar-refractivity contribution in [3.8, 4) is 0 Å². The second-order valence-electron chi connectivity index (χ2n) is 2.61. The Balaban J connectivity index is 0.00000144. The van der Waals surface area contributed by atoms with Gasteiger partial charge >= 0.3 is 0 Å². The lowest BCUT2D eigenvalue weighted by atomic mass is 10.1. The summed E-state index contributed by atoms with van der Waals surface area (Å²) in [5.74, 6) is 0. The van der Waals surface area contributed by atoms with Gasteiger partial charge in [-0.15, -0.1) is 17.0 Å². The van der Waals surface area contributed by atoms with Crippen LogP contribution in [0.1, 0.15) is 5.56 Å². The molecule has 2 nitrogen and oxygen atoms in total. The van der Waals surface area contributed by atoms with Crippen LogP contribution in [0, 0.1) is 0 Å². The number of nitrogens with two attached hydrogens (primary N) is 1. The van der Waals surface area contributed by atoms with Crippen LogP contribution < -0.4 is 5.73 Å². The molecule has 1 aromatic rings. The van der Waals surface area contributed by atoms with E-state index in [4.69, 9.17) is 10.5 Å². The lowest BCUT2D eigenvalue weighted by molar-refractivity contribution is 0.109. The van der Waals surface area contributed by atoms with Crippen LogP contribution in [0.3, 0.4) is 0 Å². The van der Waals surface area contributed by atoms with Crippen molar-refractivity contribution in [1.29, 1.82) is 0 Å². The summed E-state index contributed by atoms with van der Waals surface area (Å²) in [6, 6.07) is 8.05. The van der Waals surface area contributed by atoms with E-state index in [1.165, 1.54) is 5.56 Å². The van der Waals surface area contributed by atoms with Gasteiger partial charge in [-0.25, -0.2) is 0 Å². The van der Waals surface area contributed by atoms with Gasteiger partial charge in [0.1, 0.15) is 6.23 Å². The molecule has 0 radical (unpaired) electrons. The summed E-state index contributed by atoms with van der Waals surface area (Å²) in [6.45, 7) is 0. The molecule has 13 heavy (non-hydrogen) atoms. The fourth-order valence-corrected chi connectivity index (χ4v) is 1.43. The molecule has 0 heterocycles. The minimum absolute atomic E-state index is 0. The van der Waals surface area contributed by atoms with Crippen molar-refractivity contribution in [2.45, 2.75) is 12.6 Å². The van der Waals surface area contributed by atoms with Gasteiger partial charge in [0.2, 0.25) is 0 Å². The molecule has 0 fully saturated rings. The Morgan fingerprint density at radius 2 is 2.23 bits per heavy atom. The Bertz CT molecular complexity index is 255. The quantitative estimate of drug-likeness (QED) is 0.871. The van der Waals surface area contributed by atoms with Crippen LogP contribution >= 0.6 is 32.9 Å². The second-order valence-corrected chi connectivity index (χ2v) is 3.52. The molecule has 0 aliphatic rings. The predicted molar refractivity (Wildman–Crippen MR) is 63.2 cm³/mol. The minimum Gasteiger partial charge on any atom is -0.366 e. The number of hydrogen-bond donors (Lipinski definition) is 1. The SMILES string of the molecule is Br.COC(N)Cc1cccc(Br)c1. The van der Waals surface area contributed by atoms with Crippen molar-refractivity contribution in [3.63, 3.8) is 0 Å².